The van der Waals surface area contributed by atoms with E-state index in [0.717, 1.165) is 32.1 Å². The smallest absolute Gasteiger partial charge is 0.272 e. The van der Waals surface area contributed by atoms with Crippen LogP contribution in [0.25, 0.3) is 0 Å². The van der Waals surface area contributed by atoms with E-state index in [1.165, 1.54) is 0 Å². The Bertz CT molecular complexity index is 519. The Labute approximate surface area is 165 Å². The summed E-state index contributed by atoms with van der Waals surface area (Å²) in [6.07, 6.45) is 10.1. The molecule has 2 saturated heterocycles. The van der Waals surface area contributed by atoms with Gasteiger partial charge < -0.3 is 10.2 Å². The second-order valence-corrected chi connectivity index (χ2v) is 9.51. The van der Waals surface area contributed by atoms with E-state index < -0.39 is 9.70 Å². The van der Waals surface area contributed by atoms with E-state index in [4.69, 9.17) is 34.8 Å². The molecule has 0 bridgehead atoms. The molecule has 2 rings (SSSR count). The number of piperidine rings is 2. The molecule has 0 saturated carbocycles. The summed E-state index contributed by atoms with van der Waals surface area (Å²) in [5, 5.41) is 2.80. The highest BCUT2D eigenvalue weighted by atomic mass is 35.6. The monoisotopic (exact) mass is 408 g/mol. The zero-order valence-corrected chi connectivity index (χ0v) is 17.1. The maximum absolute atomic E-state index is 12.5. The predicted molar refractivity (Wildman–Crippen MR) is 103 cm³/mol. The Kier molecular flexibility index (Phi) is 7.48. The SMILES string of the molecule is CC/C=C/[C@@H](C[C@@H]1C[C@@H](C)C[C@H]2CCCC(=O)N21)NC(=O)C(Cl)(Cl)Cl. The minimum absolute atomic E-state index is 0.115. The molecule has 0 aliphatic carbocycles. The maximum Gasteiger partial charge on any atom is 0.272 e. The number of hydrogen-bond acceptors (Lipinski definition) is 2. The maximum atomic E-state index is 12.5. The molecule has 0 spiro atoms. The molecule has 2 amide bonds. The van der Waals surface area contributed by atoms with Crippen molar-refractivity contribution in [1.82, 2.24) is 10.2 Å². The van der Waals surface area contributed by atoms with Crippen molar-refractivity contribution >= 4 is 46.6 Å². The van der Waals surface area contributed by atoms with E-state index in [1.54, 1.807) is 0 Å². The topological polar surface area (TPSA) is 49.4 Å². The van der Waals surface area contributed by atoms with E-state index in [2.05, 4.69) is 17.1 Å². The first-order valence-electron chi connectivity index (χ1n) is 9.07. The number of carbonyl (C=O) groups is 2. The molecule has 0 radical (unpaired) electrons. The number of alkyl halides is 3. The van der Waals surface area contributed by atoms with Gasteiger partial charge in [-0.3, -0.25) is 9.59 Å². The lowest BCUT2D eigenvalue weighted by Crippen LogP contribution is -2.56. The molecule has 25 heavy (non-hydrogen) atoms. The lowest BCUT2D eigenvalue weighted by molar-refractivity contribution is -0.143. The van der Waals surface area contributed by atoms with Gasteiger partial charge in [0.2, 0.25) is 5.91 Å². The molecular formula is C18H27Cl3N2O2. The zero-order chi connectivity index (χ0) is 18.6. The van der Waals surface area contributed by atoms with Crippen LogP contribution in [-0.2, 0) is 9.59 Å². The van der Waals surface area contributed by atoms with Crippen LogP contribution in [0.5, 0.6) is 0 Å². The Morgan fingerprint density at radius 3 is 2.76 bits per heavy atom. The Morgan fingerprint density at radius 2 is 2.12 bits per heavy atom. The number of carbonyl (C=O) groups excluding carboxylic acids is 2. The zero-order valence-electron chi connectivity index (χ0n) is 14.8. The van der Waals surface area contributed by atoms with Crippen LogP contribution in [-0.4, -0.2) is 38.6 Å². The minimum atomic E-state index is -1.98. The van der Waals surface area contributed by atoms with E-state index in [9.17, 15) is 9.59 Å². The number of amides is 2. The van der Waals surface area contributed by atoms with Gasteiger partial charge in [-0.05, 0) is 44.4 Å². The molecule has 0 aromatic rings. The van der Waals surface area contributed by atoms with Gasteiger partial charge in [-0.15, -0.1) is 0 Å². The number of nitrogens with one attached hydrogen (secondary N) is 1. The lowest BCUT2D eigenvalue weighted by atomic mass is 9.80. The summed E-state index contributed by atoms with van der Waals surface area (Å²) in [7, 11) is 0. The van der Waals surface area contributed by atoms with Crippen LogP contribution in [0.1, 0.15) is 58.8 Å². The fourth-order valence-corrected chi connectivity index (χ4v) is 4.24. The van der Waals surface area contributed by atoms with Gasteiger partial charge in [-0.2, -0.15) is 0 Å². The first kappa shape index (κ1) is 20.9. The van der Waals surface area contributed by atoms with Crippen LogP contribution in [0.3, 0.4) is 0 Å². The number of halogens is 3. The average Bonchev–Trinajstić information content (AvgIpc) is 2.51. The molecule has 2 aliphatic rings. The summed E-state index contributed by atoms with van der Waals surface area (Å²) in [4.78, 5) is 26.6. The molecule has 4 nitrogen and oxygen atoms in total. The van der Waals surface area contributed by atoms with Crippen LogP contribution >= 0.6 is 34.8 Å². The van der Waals surface area contributed by atoms with Crippen molar-refractivity contribution in [1.29, 1.82) is 0 Å². The molecule has 0 unspecified atom stereocenters. The summed E-state index contributed by atoms with van der Waals surface area (Å²) in [5.74, 6) is 0.171. The third kappa shape index (κ3) is 5.77. The van der Waals surface area contributed by atoms with Crippen molar-refractivity contribution in [3.05, 3.63) is 12.2 Å². The third-order valence-electron chi connectivity index (χ3n) is 5.06. The average molecular weight is 410 g/mol. The number of nitrogens with zero attached hydrogens (tertiary/aromatic N) is 1. The lowest BCUT2D eigenvalue weighted by Gasteiger charge is -2.48. The molecule has 2 fully saturated rings. The number of allylic oxidation sites excluding steroid dienone is 1. The second kappa shape index (κ2) is 8.96. The molecule has 2 heterocycles. The van der Waals surface area contributed by atoms with E-state index >= 15 is 0 Å². The molecule has 0 aromatic carbocycles. The Balaban J connectivity index is 2.13. The van der Waals surface area contributed by atoms with Gasteiger partial charge in [0.15, 0.2) is 0 Å². The van der Waals surface area contributed by atoms with Gasteiger partial charge in [0, 0.05) is 24.5 Å². The van der Waals surface area contributed by atoms with Gasteiger partial charge in [-0.1, -0.05) is 60.8 Å². The quantitative estimate of drug-likeness (QED) is 0.541. The second-order valence-electron chi connectivity index (χ2n) is 7.23. The van der Waals surface area contributed by atoms with E-state index in [0.29, 0.717) is 24.8 Å². The fraction of sp³-hybridized carbons (Fsp3) is 0.778. The summed E-state index contributed by atoms with van der Waals surface area (Å²) in [6, 6.07) is 0.187. The summed E-state index contributed by atoms with van der Waals surface area (Å²) in [6.45, 7) is 4.26. The van der Waals surface area contributed by atoms with Crippen molar-refractivity contribution in [2.24, 2.45) is 5.92 Å². The molecule has 1 N–H and O–H groups in total. The van der Waals surface area contributed by atoms with Crippen molar-refractivity contribution in [2.45, 2.75) is 80.7 Å². The summed E-state index contributed by atoms with van der Waals surface area (Å²) >= 11 is 17.1. The largest absolute Gasteiger partial charge is 0.346 e. The van der Waals surface area contributed by atoms with Crippen molar-refractivity contribution < 1.29 is 9.59 Å². The Morgan fingerprint density at radius 1 is 1.40 bits per heavy atom. The number of rotatable bonds is 5. The van der Waals surface area contributed by atoms with Gasteiger partial charge >= 0.3 is 0 Å². The molecular weight excluding hydrogens is 383 g/mol. The summed E-state index contributed by atoms with van der Waals surface area (Å²) < 4.78 is -1.98. The van der Waals surface area contributed by atoms with Gasteiger partial charge in [0.05, 0.1) is 0 Å². The Hall–Kier alpha value is -0.450. The highest BCUT2D eigenvalue weighted by molar-refractivity contribution is 6.76. The molecule has 142 valence electrons. The fourth-order valence-electron chi connectivity index (χ4n) is 4.07. The molecule has 2 aliphatic heterocycles. The van der Waals surface area contributed by atoms with Crippen molar-refractivity contribution in [3.63, 3.8) is 0 Å². The normalized spacial score (nSPS) is 28.8. The molecule has 7 heteroatoms. The minimum Gasteiger partial charge on any atom is -0.346 e. The standard InChI is InChI=1S/C18H27Cl3N2O2/c1-3-4-6-13(22-17(25)18(19,20)21)11-15-10-12(2)9-14-7-5-8-16(24)23(14)15/h4,6,12-15H,3,5,7-11H2,1-2H3,(H,22,25)/b6-4+/t12-,13-,14+,15-/m0/s1. The van der Waals surface area contributed by atoms with E-state index in [1.807, 2.05) is 19.1 Å². The van der Waals surface area contributed by atoms with Crippen LogP contribution < -0.4 is 5.32 Å². The van der Waals surface area contributed by atoms with Crippen LogP contribution in [0.15, 0.2) is 12.2 Å². The highest BCUT2D eigenvalue weighted by Gasteiger charge is 2.40. The summed E-state index contributed by atoms with van der Waals surface area (Å²) in [5.41, 5.74) is 0. The van der Waals surface area contributed by atoms with Crippen molar-refractivity contribution in [3.8, 4) is 0 Å². The first-order valence-corrected chi connectivity index (χ1v) is 10.2. The van der Waals surface area contributed by atoms with Crippen molar-refractivity contribution in [2.75, 3.05) is 0 Å². The highest BCUT2D eigenvalue weighted by Crippen LogP contribution is 2.36. The van der Waals surface area contributed by atoms with Gasteiger partial charge in [0.25, 0.3) is 9.70 Å². The number of hydrogen-bond donors (Lipinski definition) is 1. The van der Waals surface area contributed by atoms with Crippen LogP contribution in [0.2, 0.25) is 0 Å². The third-order valence-corrected chi connectivity index (χ3v) is 5.57. The molecule has 0 aromatic heterocycles. The van der Waals surface area contributed by atoms with Crippen LogP contribution in [0.4, 0.5) is 0 Å². The van der Waals surface area contributed by atoms with Gasteiger partial charge in [0.1, 0.15) is 0 Å². The van der Waals surface area contributed by atoms with Crippen LogP contribution in [0, 0.1) is 5.92 Å². The molecule has 4 atom stereocenters. The van der Waals surface area contributed by atoms with Gasteiger partial charge in [-0.25, -0.2) is 0 Å². The number of fused-ring (bicyclic) bond motifs is 1. The predicted octanol–water partition coefficient (Wildman–Crippen LogP) is 4.38. The van der Waals surface area contributed by atoms with E-state index in [-0.39, 0.29) is 18.0 Å². The first-order chi connectivity index (χ1) is 11.7.